The van der Waals surface area contributed by atoms with Crippen molar-refractivity contribution in [1.29, 1.82) is 0 Å². The number of hydrogen-bond donors (Lipinski definition) is 0. The number of para-hydroxylation sites is 1. The molecule has 0 saturated heterocycles. The molecule has 0 spiro atoms. The molecule has 0 aliphatic carbocycles. The van der Waals surface area contributed by atoms with Crippen molar-refractivity contribution in [3.8, 4) is 5.75 Å². The first-order valence-electron chi connectivity index (χ1n) is 7.41. The molecule has 2 nitrogen and oxygen atoms in total. The molecule has 3 rings (SSSR count). The zero-order valence-corrected chi connectivity index (χ0v) is 13.7. The van der Waals surface area contributed by atoms with Crippen LogP contribution in [-0.2, 0) is 0 Å². The zero-order chi connectivity index (χ0) is 15.4. The number of hydrogen-bond acceptors (Lipinski definition) is 3. The van der Waals surface area contributed by atoms with Crippen molar-refractivity contribution in [3.05, 3.63) is 65.7 Å². The van der Waals surface area contributed by atoms with Gasteiger partial charge in [-0.3, -0.25) is 0 Å². The van der Waals surface area contributed by atoms with E-state index in [-0.39, 0.29) is 0 Å². The minimum atomic E-state index is 0.682. The first-order chi connectivity index (χ1) is 10.7. The van der Waals surface area contributed by atoms with Crippen molar-refractivity contribution in [2.24, 2.45) is 0 Å². The molecule has 0 saturated carbocycles. The number of benzene rings is 2. The van der Waals surface area contributed by atoms with Crippen LogP contribution in [0.15, 0.2) is 59.6 Å². The standard InChI is InChI=1S/C19H19NOS/c1-14-6-5-7-16(12-14)21-10-11-22-19-13-15(2)17-8-3-4-9-18(17)20-19/h3-9,12-13H,10-11H2,1-2H3. The van der Waals surface area contributed by atoms with Crippen LogP contribution < -0.4 is 4.74 Å². The van der Waals surface area contributed by atoms with Gasteiger partial charge in [-0.1, -0.05) is 30.3 Å². The summed E-state index contributed by atoms with van der Waals surface area (Å²) in [6.07, 6.45) is 0. The Morgan fingerprint density at radius 1 is 1.00 bits per heavy atom. The lowest BCUT2D eigenvalue weighted by atomic mass is 10.1. The van der Waals surface area contributed by atoms with Gasteiger partial charge in [0.05, 0.1) is 17.1 Å². The van der Waals surface area contributed by atoms with Gasteiger partial charge in [-0.2, -0.15) is 0 Å². The van der Waals surface area contributed by atoms with Crippen LogP contribution in [0.5, 0.6) is 5.75 Å². The fraction of sp³-hybridized carbons (Fsp3) is 0.211. The molecule has 3 aromatic rings. The number of aryl methyl sites for hydroxylation is 2. The maximum Gasteiger partial charge on any atom is 0.119 e. The van der Waals surface area contributed by atoms with E-state index >= 15 is 0 Å². The van der Waals surface area contributed by atoms with Crippen LogP contribution in [0.4, 0.5) is 0 Å². The van der Waals surface area contributed by atoms with Crippen molar-refractivity contribution in [2.45, 2.75) is 18.9 Å². The number of thioether (sulfide) groups is 1. The molecule has 0 unspecified atom stereocenters. The largest absolute Gasteiger partial charge is 0.493 e. The van der Waals surface area contributed by atoms with E-state index < -0.39 is 0 Å². The molecule has 0 aliphatic heterocycles. The maximum atomic E-state index is 5.78. The monoisotopic (exact) mass is 309 g/mol. The fourth-order valence-corrected chi connectivity index (χ4v) is 3.20. The zero-order valence-electron chi connectivity index (χ0n) is 12.9. The van der Waals surface area contributed by atoms with Gasteiger partial charge in [-0.05, 0) is 49.2 Å². The van der Waals surface area contributed by atoms with E-state index in [1.165, 1.54) is 16.5 Å². The maximum absolute atomic E-state index is 5.78. The summed E-state index contributed by atoms with van der Waals surface area (Å²) in [6, 6.07) is 18.6. The van der Waals surface area contributed by atoms with Gasteiger partial charge >= 0.3 is 0 Å². The van der Waals surface area contributed by atoms with Crippen molar-refractivity contribution in [2.75, 3.05) is 12.4 Å². The van der Waals surface area contributed by atoms with Crippen LogP contribution in [0.3, 0.4) is 0 Å². The summed E-state index contributed by atoms with van der Waals surface area (Å²) in [5.74, 6) is 1.82. The topological polar surface area (TPSA) is 22.1 Å². The predicted molar refractivity (Wildman–Crippen MR) is 93.9 cm³/mol. The molecule has 0 bridgehead atoms. The molecular weight excluding hydrogens is 290 g/mol. The lowest BCUT2D eigenvalue weighted by molar-refractivity contribution is 0.343. The van der Waals surface area contributed by atoms with Crippen LogP contribution >= 0.6 is 11.8 Å². The Balaban J connectivity index is 1.60. The number of ether oxygens (including phenoxy) is 1. The van der Waals surface area contributed by atoms with E-state index in [0.29, 0.717) is 6.61 Å². The molecule has 112 valence electrons. The quantitative estimate of drug-likeness (QED) is 0.488. The SMILES string of the molecule is Cc1cccc(OCCSc2cc(C)c3ccccc3n2)c1. The normalized spacial score (nSPS) is 10.8. The van der Waals surface area contributed by atoms with Gasteiger partial charge in [0.2, 0.25) is 0 Å². The number of aromatic nitrogens is 1. The summed E-state index contributed by atoms with van der Waals surface area (Å²) in [5, 5.41) is 2.28. The van der Waals surface area contributed by atoms with Gasteiger partial charge in [-0.25, -0.2) is 4.98 Å². The molecule has 0 amide bonds. The molecule has 3 heteroatoms. The summed E-state index contributed by atoms with van der Waals surface area (Å²) >= 11 is 1.74. The molecule has 1 heterocycles. The molecular formula is C19H19NOS. The summed E-state index contributed by atoms with van der Waals surface area (Å²) in [7, 11) is 0. The molecule has 0 radical (unpaired) electrons. The molecule has 2 aromatic carbocycles. The second-order valence-corrected chi connectivity index (χ2v) is 6.42. The summed E-state index contributed by atoms with van der Waals surface area (Å²) in [6.45, 7) is 4.89. The first-order valence-corrected chi connectivity index (χ1v) is 8.39. The lowest BCUT2D eigenvalue weighted by Crippen LogP contribution is -2.00. The summed E-state index contributed by atoms with van der Waals surface area (Å²) in [4.78, 5) is 4.70. The second kappa shape index (κ2) is 6.84. The van der Waals surface area contributed by atoms with E-state index in [1.807, 2.05) is 18.2 Å². The van der Waals surface area contributed by atoms with Gasteiger partial charge < -0.3 is 4.74 Å². The molecule has 0 atom stereocenters. The molecule has 1 aromatic heterocycles. The average Bonchev–Trinajstić information content (AvgIpc) is 2.52. The van der Waals surface area contributed by atoms with Gasteiger partial charge in [0.15, 0.2) is 0 Å². The second-order valence-electron chi connectivity index (χ2n) is 5.31. The lowest BCUT2D eigenvalue weighted by Gasteiger charge is -2.08. The third kappa shape index (κ3) is 3.60. The van der Waals surface area contributed by atoms with Crippen LogP contribution in [0, 0.1) is 13.8 Å². The Bertz CT molecular complexity index is 785. The van der Waals surface area contributed by atoms with Crippen LogP contribution in [0.25, 0.3) is 10.9 Å². The van der Waals surface area contributed by atoms with E-state index in [4.69, 9.17) is 9.72 Å². The molecule has 22 heavy (non-hydrogen) atoms. The minimum absolute atomic E-state index is 0.682. The first kappa shape index (κ1) is 14.9. The minimum Gasteiger partial charge on any atom is -0.493 e. The smallest absolute Gasteiger partial charge is 0.119 e. The Hall–Kier alpha value is -2.00. The van der Waals surface area contributed by atoms with Gasteiger partial charge in [-0.15, -0.1) is 11.8 Å². The van der Waals surface area contributed by atoms with Crippen molar-refractivity contribution in [3.63, 3.8) is 0 Å². The Morgan fingerprint density at radius 2 is 1.86 bits per heavy atom. The third-order valence-corrected chi connectivity index (χ3v) is 4.37. The molecule has 0 aliphatic rings. The highest BCUT2D eigenvalue weighted by Gasteiger charge is 2.03. The fourth-order valence-electron chi connectivity index (χ4n) is 2.40. The summed E-state index contributed by atoms with van der Waals surface area (Å²) < 4.78 is 5.78. The number of nitrogens with zero attached hydrogens (tertiary/aromatic N) is 1. The third-order valence-electron chi connectivity index (χ3n) is 3.49. The highest BCUT2D eigenvalue weighted by atomic mass is 32.2. The average molecular weight is 309 g/mol. The molecule has 0 N–H and O–H groups in total. The molecule has 0 fully saturated rings. The Labute approximate surface area is 135 Å². The number of pyridine rings is 1. The van der Waals surface area contributed by atoms with Crippen LogP contribution in [0.2, 0.25) is 0 Å². The highest BCUT2D eigenvalue weighted by molar-refractivity contribution is 7.99. The van der Waals surface area contributed by atoms with E-state index in [2.05, 4.69) is 50.2 Å². The van der Waals surface area contributed by atoms with Crippen LogP contribution in [0.1, 0.15) is 11.1 Å². The van der Waals surface area contributed by atoms with Gasteiger partial charge in [0.1, 0.15) is 5.75 Å². The van der Waals surface area contributed by atoms with E-state index in [9.17, 15) is 0 Å². The van der Waals surface area contributed by atoms with Gasteiger partial charge in [0.25, 0.3) is 0 Å². The van der Waals surface area contributed by atoms with Gasteiger partial charge in [0, 0.05) is 11.1 Å². The predicted octanol–water partition coefficient (Wildman–Crippen LogP) is 5.02. The highest BCUT2D eigenvalue weighted by Crippen LogP contribution is 2.23. The number of rotatable bonds is 5. The summed E-state index contributed by atoms with van der Waals surface area (Å²) in [5.41, 5.74) is 3.55. The van der Waals surface area contributed by atoms with Crippen molar-refractivity contribution < 1.29 is 4.74 Å². The Kier molecular flexibility index (Phi) is 4.64. The number of fused-ring (bicyclic) bond motifs is 1. The Morgan fingerprint density at radius 3 is 2.73 bits per heavy atom. The van der Waals surface area contributed by atoms with E-state index in [0.717, 1.165) is 22.0 Å². The van der Waals surface area contributed by atoms with Crippen molar-refractivity contribution >= 4 is 22.7 Å². The van der Waals surface area contributed by atoms with Crippen molar-refractivity contribution in [1.82, 2.24) is 4.98 Å². The van der Waals surface area contributed by atoms with Crippen LogP contribution in [-0.4, -0.2) is 17.3 Å². The van der Waals surface area contributed by atoms with E-state index in [1.54, 1.807) is 11.8 Å².